The topological polar surface area (TPSA) is 161 Å². The predicted octanol–water partition coefficient (Wildman–Crippen LogP) is 5.58. The zero-order valence-corrected chi connectivity index (χ0v) is 30.0. The Balaban J connectivity index is 1.12. The third-order valence-corrected chi connectivity index (χ3v) is 10.5. The maximum Gasteiger partial charge on any atom is 0.512 e. The first-order chi connectivity index (χ1) is 25.3. The lowest BCUT2D eigenvalue weighted by Gasteiger charge is -2.48. The molecule has 2 aliphatic rings. The van der Waals surface area contributed by atoms with Crippen molar-refractivity contribution in [2.24, 2.45) is 5.16 Å². The summed E-state index contributed by atoms with van der Waals surface area (Å²) in [6.07, 6.45) is -1.19. The van der Waals surface area contributed by atoms with E-state index < -0.39 is 41.0 Å². The molecule has 0 aliphatic carbocycles. The number of nitrogens with one attached hydrogen (secondary N) is 2. The highest BCUT2D eigenvalue weighted by Gasteiger charge is 2.54. The minimum Gasteiger partial charge on any atom is -0.449 e. The molecule has 270 valence electrons. The Kier molecular flexibility index (Phi) is 11.9. The minimum absolute atomic E-state index is 0.0282. The number of amides is 2. The van der Waals surface area contributed by atoms with E-state index in [4.69, 9.17) is 29.1 Å². The van der Waals surface area contributed by atoms with Gasteiger partial charge >= 0.3 is 6.16 Å². The zero-order chi connectivity index (χ0) is 36.5. The quantitative estimate of drug-likeness (QED) is 0.0432. The molecule has 1 saturated heterocycles. The highest BCUT2D eigenvalue weighted by atomic mass is 32.2. The van der Waals surface area contributed by atoms with Gasteiger partial charge in [0.25, 0.3) is 11.8 Å². The number of β-lactam (4-membered cyclic amide) rings is 1. The lowest BCUT2D eigenvalue weighted by atomic mass is 9.77. The van der Waals surface area contributed by atoms with E-state index in [-0.39, 0.29) is 19.1 Å². The first-order valence-electron chi connectivity index (χ1n) is 16.4. The van der Waals surface area contributed by atoms with Crippen molar-refractivity contribution in [3.05, 3.63) is 130 Å². The van der Waals surface area contributed by atoms with E-state index in [1.165, 1.54) is 35.1 Å². The molecule has 3 heterocycles. The molecule has 3 atom stereocenters. The smallest absolute Gasteiger partial charge is 0.449 e. The summed E-state index contributed by atoms with van der Waals surface area (Å²) in [5, 5.41) is 21.4. The van der Waals surface area contributed by atoms with Crippen LogP contribution in [0.3, 0.4) is 0 Å². The van der Waals surface area contributed by atoms with E-state index in [0.717, 1.165) is 22.9 Å². The fourth-order valence-corrected chi connectivity index (χ4v) is 8.23. The number of carbonyl (C=O) groups is 3. The molecule has 13 nitrogen and oxygen atoms in total. The number of hydrogen-bond acceptors (Lipinski definition) is 12. The van der Waals surface area contributed by atoms with Gasteiger partial charge in [-0.3, -0.25) is 14.5 Å². The second-order valence-electron chi connectivity index (χ2n) is 11.6. The number of anilines is 1. The molecule has 1 fully saturated rings. The van der Waals surface area contributed by atoms with Crippen LogP contribution in [0.2, 0.25) is 0 Å². The third kappa shape index (κ3) is 7.82. The minimum atomic E-state index is -1.55. The summed E-state index contributed by atoms with van der Waals surface area (Å²) in [5.41, 5.74) is 3.53. The number of oxime groups is 1. The molecule has 6 rings (SSSR count). The number of rotatable bonds is 16. The molecule has 4 aromatic rings. The van der Waals surface area contributed by atoms with Crippen molar-refractivity contribution < 1.29 is 38.5 Å². The van der Waals surface area contributed by atoms with Gasteiger partial charge in [0.1, 0.15) is 35.9 Å². The summed E-state index contributed by atoms with van der Waals surface area (Å²) < 4.78 is 16.0. The molecule has 1 aromatic heterocycles. The van der Waals surface area contributed by atoms with Gasteiger partial charge in [0.2, 0.25) is 5.88 Å². The van der Waals surface area contributed by atoms with Crippen LogP contribution >= 0.6 is 23.1 Å². The van der Waals surface area contributed by atoms with Crippen molar-refractivity contribution in [1.82, 2.24) is 15.2 Å². The van der Waals surface area contributed by atoms with Gasteiger partial charge in [-0.1, -0.05) is 96.2 Å². The van der Waals surface area contributed by atoms with E-state index in [1.54, 1.807) is 0 Å². The van der Waals surface area contributed by atoms with Crippen molar-refractivity contribution in [3.8, 4) is 0 Å². The maximum atomic E-state index is 12.9. The van der Waals surface area contributed by atoms with Crippen LogP contribution in [0.15, 0.2) is 113 Å². The van der Waals surface area contributed by atoms with Gasteiger partial charge in [-0.05, 0) is 23.6 Å². The number of fused-ring (bicyclic) bond motifs is 1. The number of ether oxygens (including phenoxy) is 3. The number of hydrogen-bond donors (Lipinski definition) is 3. The third-order valence-electron chi connectivity index (χ3n) is 8.40. The van der Waals surface area contributed by atoms with Gasteiger partial charge in [-0.25, -0.2) is 9.78 Å². The van der Waals surface area contributed by atoms with Crippen LogP contribution < -0.4 is 10.6 Å². The van der Waals surface area contributed by atoms with Crippen LogP contribution in [0.1, 0.15) is 35.4 Å². The van der Waals surface area contributed by atoms with Gasteiger partial charge < -0.3 is 34.8 Å². The maximum absolute atomic E-state index is 12.9. The number of thiazole rings is 1. The summed E-state index contributed by atoms with van der Waals surface area (Å²) in [6.45, 7) is 2.32. The second-order valence-corrected chi connectivity index (χ2v) is 13.6. The Hall–Kier alpha value is -5.22. The number of methoxy groups -OCH3 is 1. The molecule has 0 spiro atoms. The monoisotopic (exact) mass is 743 g/mol. The molecule has 0 radical (unpaired) electrons. The van der Waals surface area contributed by atoms with Crippen molar-refractivity contribution >= 4 is 52.4 Å². The van der Waals surface area contributed by atoms with Crippen molar-refractivity contribution in [2.45, 2.75) is 30.0 Å². The number of nitrogens with zero attached hydrogens (tertiary/aromatic N) is 3. The van der Waals surface area contributed by atoms with E-state index >= 15 is 0 Å². The van der Waals surface area contributed by atoms with Gasteiger partial charge in [0.05, 0.1) is 12.3 Å². The van der Waals surface area contributed by atoms with Crippen molar-refractivity contribution in [2.75, 3.05) is 38.0 Å². The lowest BCUT2D eigenvalue weighted by Crippen LogP contribution is -2.70. The molecule has 0 saturated carbocycles. The Bertz CT molecular complexity index is 1810. The number of benzene rings is 3. The first kappa shape index (κ1) is 36.6. The molecule has 0 bridgehead atoms. The van der Waals surface area contributed by atoms with E-state index in [1.807, 2.05) is 66.9 Å². The van der Waals surface area contributed by atoms with Gasteiger partial charge in [-0.15, -0.1) is 23.1 Å². The molecule has 2 aliphatic heterocycles. The van der Waals surface area contributed by atoms with Crippen LogP contribution in [0.25, 0.3) is 0 Å². The van der Waals surface area contributed by atoms with Crippen LogP contribution in [-0.4, -0.2) is 83.3 Å². The number of aromatic nitrogens is 1. The molecule has 2 amide bonds. The fourth-order valence-electron chi connectivity index (χ4n) is 6.12. The molecule has 52 heavy (non-hydrogen) atoms. The standard InChI is InChI=1S/C37H37N5O8S2/c1-3-48-29(21-49-38-19-30(43)40-31-32(44)42-33(50-36(45)46)24(20-47-2)22-51-34(31)42)28-23-52-35(39-28)41-37(25-13-7-4-8-14-25,26-15-9-5-10-16-26)27-17-11-6-12-18-27/h4-19,23,29,31,34H,3,20-22H2,1-2H3,(H,39,41)(H,40,43)(H,45,46)/b38-19-/t29?,31?,34-/m0/s1. The van der Waals surface area contributed by atoms with Gasteiger partial charge in [-0.2, -0.15) is 0 Å². The number of carbonyl (C=O) groups excluding carboxylic acids is 2. The lowest BCUT2D eigenvalue weighted by molar-refractivity contribution is -0.148. The van der Waals surface area contributed by atoms with Crippen LogP contribution in [-0.2, 0) is 34.2 Å². The molecule has 3 N–H and O–H groups in total. The van der Waals surface area contributed by atoms with E-state index in [2.05, 4.69) is 52.2 Å². The average molecular weight is 744 g/mol. The molecular formula is C37H37N5O8S2. The predicted molar refractivity (Wildman–Crippen MR) is 197 cm³/mol. The van der Waals surface area contributed by atoms with Gasteiger partial charge in [0, 0.05) is 30.4 Å². The number of thioether (sulfide) groups is 1. The summed E-state index contributed by atoms with van der Waals surface area (Å²) in [4.78, 5) is 48.4. The largest absolute Gasteiger partial charge is 0.512 e. The van der Waals surface area contributed by atoms with Crippen molar-refractivity contribution in [3.63, 3.8) is 0 Å². The summed E-state index contributed by atoms with van der Waals surface area (Å²) in [7, 11) is 1.46. The molecule has 3 aromatic carbocycles. The highest BCUT2D eigenvalue weighted by molar-refractivity contribution is 8.00. The molecular weight excluding hydrogens is 707 g/mol. The Morgan fingerprint density at radius 2 is 1.65 bits per heavy atom. The van der Waals surface area contributed by atoms with Crippen LogP contribution in [0.5, 0.6) is 0 Å². The summed E-state index contributed by atoms with van der Waals surface area (Å²) in [6, 6.07) is 29.8. The summed E-state index contributed by atoms with van der Waals surface area (Å²) in [5.74, 6) is -0.880. The normalized spacial score (nSPS) is 17.7. The summed E-state index contributed by atoms with van der Waals surface area (Å²) >= 11 is 2.80. The molecule has 15 heteroatoms. The zero-order valence-electron chi connectivity index (χ0n) is 28.3. The van der Waals surface area contributed by atoms with Gasteiger partial charge in [0.15, 0.2) is 5.13 Å². The average Bonchev–Trinajstić information content (AvgIpc) is 3.63. The Morgan fingerprint density at radius 3 is 2.21 bits per heavy atom. The Labute approximate surface area is 308 Å². The first-order valence-corrected chi connectivity index (χ1v) is 18.3. The number of carboxylic acid groups (broad SMARTS) is 1. The Morgan fingerprint density at radius 1 is 1.04 bits per heavy atom. The van der Waals surface area contributed by atoms with E-state index in [9.17, 15) is 14.4 Å². The van der Waals surface area contributed by atoms with Crippen LogP contribution in [0, 0.1) is 0 Å². The van der Waals surface area contributed by atoms with Crippen molar-refractivity contribution in [1.29, 1.82) is 0 Å². The van der Waals surface area contributed by atoms with Crippen LogP contribution in [0.4, 0.5) is 9.93 Å². The SMILES string of the molecule is CCOC(CO/N=C\C(=O)NC1C(=O)N2C(OC(=O)O)=C(COC)CS[C@@H]12)c1csc(NC(c2ccccc2)(c2ccccc2)c2ccccc2)n1. The molecule has 2 unspecified atom stereocenters. The highest BCUT2D eigenvalue weighted by Crippen LogP contribution is 2.42. The van der Waals surface area contributed by atoms with E-state index in [0.29, 0.717) is 28.8 Å². The second kappa shape index (κ2) is 16.9. The fraction of sp³-hybridized carbons (Fsp3) is 0.270.